The molecule has 9 heteroatoms. The van der Waals surface area contributed by atoms with Gasteiger partial charge in [-0.1, -0.05) is 18.2 Å². The van der Waals surface area contributed by atoms with Crippen molar-refractivity contribution in [2.24, 2.45) is 5.92 Å². The zero-order valence-corrected chi connectivity index (χ0v) is 19.5. The first kappa shape index (κ1) is 24.7. The number of carbonyl (C=O) groups is 3. The van der Waals surface area contributed by atoms with Crippen molar-refractivity contribution in [2.75, 3.05) is 14.2 Å². The predicted octanol–water partition coefficient (Wildman–Crippen LogP) is 2.25. The van der Waals surface area contributed by atoms with Crippen molar-refractivity contribution < 1.29 is 43.2 Å². The Balaban J connectivity index is 2.15. The van der Waals surface area contributed by atoms with Crippen LogP contribution in [0.2, 0.25) is 0 Å². The van der Waals surface area contributed by atoms with Gasteiger partial charge in [-0.25, -0.2) is 9.59 Å². The largest absolute Gasteiger partial charge is 0.465 e. The number of aliphatic hydroxyl groups is 1. The Morgan fingerprint density at radius 2 is 1.94 bits per heavy atom. The Morgan fingerprint density at radius 3 is 2.52 bits per heavy atom. The van der Waals surface area contributed by atoms with E-state index in [1.54, 1.807) is 6.08 Å². The number of carbonyl (C=O) groups excluding carboxylic acids is 3. The van der Waals surface area contributed by atoms with Crippen molar-refractivity contribution in [3.63, 3.8) is 0 Å². The molecule has 0 aliphatic carbocycles. The highest BCUT2D eigenvalue weighted by atomic mass is 16.7. The first-order valence-electron chi connectivity index (χ1n) is 10.6. The molecule has 5 atom stereocenters. The van der Waals surface area contributed by atoms with Crippen molar-refractivity contribution in [2.45, 2.75) is 63.6 Å². The fourth-order valence-corrected chi connectivity index (χ4v) is 4.38. The molecule has 0 unspecified atom stereocenters. The number of hydrogen-bond acceptors (Lipinski definition) is 9. The van der Waals surface area contributed by atoms with Crippen LogP contribution in [0.5, 0.6) is 0 Å². The molecule has 0 amide bonds. The smallest absolute Gasteiger partial charge is 0.340 e. The van der Waals surface area contributed by atoms with Crippen molar-refractivity contribution in [3.05, 3.63) is 47.3 Å². The zero-order valence-electron chi connectivity index (χ0n) is 19.5. The van der Waals surface area contributed by atoms with Crippen LogP contribution in [0.25, 0.3) is 0 Å². The second kappa shape index (κ2) is 9.15. The van der Waals surface area contributed by atoms with Gasteiger partial charge in [0.25, 0.3) is 0 Å². The third kappa shape index (κ3) is 5.04. The minimum Gasteiger partial charge on any atom is -0.465 e. The first-order valence-corrected chi connectivity index (χ1v) is 10.6. The molecule has 1 fully saturated rings. The topological polar surface area (TPSA) is 118 Å². The van der Waals surface area contributed by atoms with Gasteiger partial charge in [-0.05, 0) is 38.3 Å². The Bertz CT molecular complexity index is 955. The highest BCUT2D eigenvalue weighted by molar-refractivity contribution is 5.93. The second-order valence-corrected chi connectivity index (χ2v) is 8.83. The molecule has 33 heavy (non-hydrogen) atoms. The summed E-state index contributed by atoms with van der Waals surface area (Å²) in [6.45, 7) is 8.61. The van der Waals surface area contributed by atoms with E-state index in [0.29, 0.717) is 6.42 Å². The maximum Gasteiger partial charge on any atom is 0.340 e. The minimum atomic E-state index is -1.54. The van der Waals surface area contributed by atoms with E-state index in [9.17, 15) is 19.5 Å². The van der Waals surface area contributed by atoms with Crippen molar-refractivity contribution in [1.29, 1.82) is 0 Å². The lowest BCUT2D eigenvalue weighted by molar-refractivity contribution is -0.178. The number of ether oxygens (including phenoxy) is 5. The number of esters is 3. The molecule has 3 rings (SSSR count). The third-order valence-electron chi connectivity index (χ3n) is 6.05. The summed E-state index contributed by atoms with van der Waals surface area (Å²) in [5.41, 5.74) is -0.427. The number of fused-ring (bicyclic) bond motifs is 4. The van der Waals surface area contributed by atoms with Crippen LogP contribution in [0.15, 0.2) is 47.3 Å². The van der Waals surface area contributed by atoms with Crippen LogP contribution in [-0.4, -0.2) is 60.8 Å². The molecule has 4 bridgehead atoms. The molecule has 0 aromatic heterocycles. The van der Waals surface area contributed by atoms with E-state index in [0.717, 1.165) is 5.57 Å². The average Bonchev–Trinajstić information content (AvgIpc) is 3.20. The van der Waals surface area contributed by atoms with Gasteiger partial charge < -0.3 is 28.8 Å². The SMILES string of the molecule is C=C(C)[C@H]1CC=C2C(=O)O[C@H](C[C@](C)(O)C=C3C=C(C(=O)OC)[C@@](OC)(C1)O3)[C@H]2OC(C)=O. The monoisotopic (exact) mass is 462 g/mol. The van der Waals surface area contributed by atoms with Gasteiger partial charge in [0.15, 0.2) is 6.10 Å². The lowest BCUT2D eigenvalue weighted by Crippen LogP contribution is -2.39. The summed E-state index contributed by atoms with van der Waals surface area (Å²) in [5.74, 6) is -3.36. The molecular formula is C24H30O9. The summed E-state index contributed by atoms with van der Waals surface area (Å²) in [4.78, 5) is 36.9. The highest BCUT2D eigenvalue weighted by Crippen LogP contribution is 2.43. The molecule has 3 aliphatic rings. The van der Waals surface area contributed by atoms with Crippen LogP contribution in [-0.2, 0) is 38.1 Å². The Hall–Kier alpha value is -2.91. The van der Waals surface area contributed by atoms with Gasteiger partial charge in [0.1, 0.15) is 17.4 Å². The van der Waals surface area contributed by atoms with E-state index in [4.69, 9.17) is 23.7 Å². The zero-order chi connectivity index (χ0) is 24.6. The van der Waals surface area contributed by atoms with Crippen LogP contribution >= 0.6 is 0 Å². The molecule has 0 spiro atoms. The first-order chi connectivity index (χ1) is 15.4. The van der Waals surface area contributed by atoms with Crippen LogP contribution in [0.4, 0.5) is 0 Å². The maximum absolute atomic E-state index is 12.6. The highest BCUT2D eigenvalue weighted by Gasteiger charge is 2.50. The molecule has 0 saturated carbocycles. The van der Waals surface area contributed by atoms with E-state index < -0.39 is 41.5 Å². The Labute approximate surface area is 192 Å². The summed E-state index contributed by atoms with van der Waals surface area (Å²) in [5, 5.41) is 11.1. The number of rotatable bonds is 4. The van der Waals surface area contributed by atoms with Gasteiger partial charge in [0, 0.05) is 26.9 Å². The number of allylic oxidation sites excluding steroid dienone is 3. The fraction of sp³-hybridized carbons (Fsp3) is 0.542. The molecule has 180 valence electrons. The van der Waals surface area contributed by atoms with Gasteiger partial charge in [-0.3, -0.25) is 4.79 Å². The van der Waals surface area contributed by atoms with E-state index in [1.165, 1.54) is 40.2 Å². The van der Waals surface area contributed by atoms with E-state index in [-0.39, 0.29) is 35.7 Å². The lowest BCUT2D eigenvalue weighted by Gasteiger charge is -2.33. The summed E-state index contributed by atoms with van der Waals surface area (Å²) in [6, 6.07) is 0. The molecule has 3 heterocycles. The van der Waals surface area contributed by atoms with E-state index in [1.807, 2.05) is 6.92 Å². The van der Waals surface area contributed by atoms with Crippen LogP contribution < -0.4 is 0 Å². The van der Waals surface area contributed by atoms with E-state index in [2.05, 4.69) is 6.58 Å². The lowest BCUT2D eigenvalue weighted by atomic mass is 9.86. The van der Waals surface area contributed by atoms with Crippen molar-refractivity contribution in [3.8, 4) is 0 Å². The molecule has 1 saturated heterocycles. The quantitative estimate of drug-likeness (QED) is 0.381. The Morgan fingerprint density at radius 1 is 1.24 bits per heavy atom. The molecule has 3 aliphatic heterocycles. The van der Waals surface area contributed by atoms with Crippen LogP contribution in [0.1, 0.15) is 40.0 Å². The summed E-state index contributed by atoms with van der Waals surface area (Å²) >= 11 is 0. The molecule has 9 nitrogen and oxygen atoms in total. The van der Waals surface area contributed by atoms with Crippen LogP contribution in [0, 0.1) is 5.92 Å². The third-order valence-corrected chi connectivity index (χ3v) is 6.05. The van der Waals surface area contributed by atoms with Gasteiger partial charge in [0.2, 0.25) is 5.79 Å². The number of hydrogen-bond donors (Lipinski definition) is 1. The van der Waals surface area contributed by atoms with Gasteiger partial charge in [-0.15, -0.1) is 0 Å². The summed E-state index contributed by atoms with van der Waals surface area (Å²) in [7, 11) is 2.68. The molecular weight excluding hydrogens is 432 g/mol. The average molecular weight is 462 g/mol. The standard InChI is InChI=1S/C24H30O9/c1-13(2)15-7-8-17-20(31-14(3)25)19(32-21(17)26)12-23(4,28)11-16-9-18(22(27)29-5)24(10-15,30-6)33-16/h8-9,11,15,19-20,28H,1,7,10,12H2,2-6H3/t15-,19+,20-,23+,24+/m0/s1. The van der Waals surface area contributed by atoms with Crippen molar-refractivity contribution >= 4 is 17.9 Å². The molecule has 1 N–H and O–H groups in total. The predicted molar refractivity (Wildman–Crippen MR) is 115 cm³/mol. The maximum atomic E-state index is 12.6. The van der Waals surface area contributed by atoms with E-state index >= 15 is 0 Å². The van der Waals surface area contributed by atoms with Crippen LogP contribution in [0.3, 0.4) is 0 Å². The molecule has 0 aromatic rings. The minimum absolute atomic E-state index is 0.0772. The summed E-state index contributed by atoms with van der Waals surface area (Å²) in [6.07, 6.45) is 3.09. The van der Waals surface area contributed by atoms with Gasteiger partial charge in [-0.2, -0.15) is 0 Å². The van der Waals surface area contributed by atoms with Gasteiger partial charge >= 0.3 is 17.9 Å². The Kier molecular flexibility index (Phi) is 6.85. The summed E-state index contributed by atoms with van der Waals surface area (Å²) < 4.78 is 27.6. The van der Waals surface area contributed by atoms with Crippen molar-refractivity contribution in [1.82, 2.24) is 0 Å². The number of methoxy groups -OCH3 is 2. The molecule has 0 aromatic carbocycles. The van der Waals surface area contributed by atoms with Gasteiger partial charge in [0.05, 0.1) is 18.3 Å². The molecule has 0 radical (unpaired) electrons. The fourth-order valence-electron chi connectivity index (χ4n) is 4.38. The second-order valence-electron chi connectivity index (χ2n) is 8.83. The normalized spacial score (nSPS) is 33.7.